The molecule has 0 spiro atoms. The Morgan fingerprint density at radius 2 is 1.74 bits per heavy atom. The maximum atomic E-state index is 3.89. The highest BCUT2D eigenvalue weighted by atomic mass is 15.0. The van der Waals surface area contributed by atoms with Crippen LogP contribution in [0.15, 0.2) is 0 Å². The molecule has 3 atom stereocenters. The average molecular weight is 261 g/mol. The van der Waals surface area contributed by atoms with E-state index in [4.69, 9.17) is 0 Å². The van der Waals surface area contributed by atoms with Gasteiger partial charge in [-0.25, -0.2) is 0 Å². The molecule has 1 N–H and O–H groups in total. The molecular formula is C18H31N. The van der Waals surface area contributed by atoms with Gasteiger partial charge in [0.2, 0.25) is 0 Å². The molecule has 108 valence electrons. The summed E-state index contributed by atoms with van der Waals surface area (Å²) in [5, 5.41) is 3.89. The molecule has 0 heterocycles. The van der Waals surface area contributed by atoms with E-state index in [-0.39, 0.29) is 0 Å². The summed E-state index contributed by atoms with van der Waals surface area (Å²) in [6.07, 6.45) is 18.4. The monoisotopic (exact) mass is 261 g/mol. The van der Waals surface area contributed by atoms with Gasteiger partial charge in [0.1, 0.15) is 0 Å². The molecule has 4 aliphatic carbocycles. The molecule has 4 saturated carbocycles. The largest absolute Gasteiger partial charge is 0.313 e. The van der Waals surface area contributed by atoms with Gasteiger partial charge in [0.05, 0.1) is 0 Å². The lowest BCUT2D eigenvalue weighted by atomic mass is 9.66. The third-order valence-electron chi connectivity index (χ3n) is 6.84. The quantitative estimate of drug-likeness (QED) is 0.767. The summed E-state index contributed by atoms with van der Waals surface area (Å²) < 4.78 is 0. The Kier molecular flexibility index (Phi) is 3.38. The van der Waals surface area contributed by atoms with Crippen LogP contribution in [0.25, 0.3) is 0 Å². The zero-order valence-electron chi connectivity index (χ0n) is 12.5. The normalized spacial score (nSPS) is 40.7. The van der Waals surface area contributed by atoms with Crippen molar-refractivity contribution in [2.45, 2.75) is 83.1 Å². The summed E-state index contributed by atoms with van der Waals surface area (Å²) in [5.41, 5.74) is 0.704. The first kappa shape index (κ1) is 12.7. The van der Waals surface area contributed by atoms with Crippen molar-refractivity contribution in [2.24, 2.45) is 23.2 Å². The summed E-state index contributed by atoms with van der Waals surface area (Å²) in [6, 6.07) is 0.902. The van der Waals surface area contributed by atoms with E-state index in [1.807, 2.05) is 0 Å². The van der Waals surface area contributed by atoms with Gasteiger partial charge in [-0.2, -0.15) is 0 Å². The number of hydrogen-bond acceptors (Lipinski definition) is 1. The molecule has 2 bridgehead atoms. The van der Waals surface area contributed by atoms with Crippen LogP contribution >= 0.6 is 0 Å². The van der Waals surface area contributed by atoms with E-state index in [1.165, 1.54) is 51.5 Å². The van der Waals surface area contributed by atoms with Crippen molar-refractivity contribution in [1.82, 2.24) is 5.32 Å². The molecule has 0 aromatic heterocycles. The van der Waals surface area contributed by atoms with Crippen molar-refractivity contribution in [3.8, 4) is 0 Å². The summed E-state index contributed by atoms with van der Waals surface area (Å²) in [6.45, 7) is 1.35. The van der Waals surface area contributed by atoms with Crippen molar-refractivity contribution < 1.29 is 0 Å². The Morgan fingerprint density at radius 3 is 2.37 bits per heavy atom. The average Bonchev–Trinajstić information content (AvgIpc) is 3.05. The smallest absolute Gasteiger partial charge is 0.00684 e. The van der Waals surface area contributed by atoms with Crippen LogP contribution in [0.1, 0.15) is 77.0 Å². The van der Waals surface area contributed by atoms with Crippen molar-refractivity contribution >= 4 is 0 Å². The molecule has 0 aromatic carbocycles. The maximum Gasteiger partial charge on any atom is 0.00684 e. The lowest BCUT2D eigenvalue weighted by Crippen LogP contribution is -2.39. The van der Waals surface area contributed by atoms with Gasteiger partial charge >= 0.3 is 0 Å². The summed E-state index contributed by atoms with van der Waals surface area (Å²) >= 11 is 0. The third kappa shape index (κ3) is 2.73. The van der Waals surface area contributed by atoms with E-state index in [9.17, 15) is 0 Å². The molecule has 0 aliphatic heterocycles. The summed E-state index contributed by atoms with van der Waals surface area (Å²) in [5.74, 6) is 3.37. The zero-order chi connectivity index (χ0) is 12.7. The highest BCUT2D eigenvalue weighted by molar-refractivity contribution is 4.96. The molecule has 0 radical (unpaired) electrons. The summed E-state index contributed by atoms with van der Waals surface area (Å²) in [4.78, 5) is 0. The lowest BCUT2D eigenvalue weighted by Gasteiger charge is -2.41. The molecule has 4 fully saturated rings. The fourth-order valence-electron chi connectivity index (χ4n) is 5.59. The number of rotatable bonds is 5. The van der Waals surface area contributed by atoms with E-state index in [0.29, 0.717) is 5.41 Å². The van der Waals surface area contributed by atoms with E-state index in [0.717, 1.165) is 23.8 Å². The van der Waals surface area contributed by atoms with Crippen LogP contribution in [-0.2, 0) is 0 Å². The number of hydrogen-bond donors (Lipinski definition) is 1. The van der Waals surface area contributed by atoms with Crippen LogP contribution in [0.4, 0.5) is 0 Å². The molecule has 1 nitrogen and oxygen atoms in total. The molecule has 1 heteroatoms. The molecule has 3 unspecified atom stereocenters. The van der Waals surface area contributed by atoms with Crippen molar-refractivity contribution in [2.75, 3.05) is 6.54 Å². The third-order valence-corrected chi connectivity index (χ3v) is 6.84. The first-order chi connectivity index (χ1) is 9.33. The fourth-order valence-corrected chi connectivity index (χ4v) is 5.59. The Morgan fingerprint density at radius 1 is 0.895 bits per heavy atom. The van der Waals surface area contributed by atoms with Gasteiger partial charge < -0.3 is 5.32 Å². The Hall–Kier alpha value is -0.0400. The van der Waals surface area contributed by atoms with Gasteiger partial charge in [0, 0.05) is 12.6 Å². The van der Waals surface area contributed by atoms with Crippen LogP contribution in [0.2, 0.25) is 0 Å². The topological polar surface area (TPSA) is 12.0 Å². The molecule has 19 heavy (non-hydrogen) atoms. The predicted octanol–water partition coefficient (Wildman–Crippen LogP) is 4.52. The van der Waals surface area contributed by atoms with Gasteiger partial charge in [0.25, 0.3) is 0 Å². The van der Waals surface area contributed by atoms with Crippen LogP contribution < -0.4 is 5.32 Å². The Balaban J connectivity index is 1.40. The van der Waals surface area contributed by atoms with Gasteiger partial charge in [-0.05, 0) is 74.5 Å². The maximum absolute atomic E-state index is 3.89. The minimum absolute atomic E-state index is 0.704. The highest BCUT2D eigenvalue weighted by Crippen LogP contribution is 2.54. The lowest BCUT2D eigenvalue weighted by molar-refractivity contribution is 0.115. The van der Waals surface area contributed by atoms with Gasteiger partial charge in [-0.15, -0.1) is 0 Å². The standard InChI is InChI=1S/C18H31N/c1-2-8-18(9-3-1,13-19-17-6-7-17)12-16-11-14-4-5-15(16)10-14/h14-17,19H,1-13H2. The molecular weight excluding hydrogens is 230 g/mol. The van der Waals surface area contributed by atoms with E-state index < -0.39 is 0 Å². The van der Waals surface area contributed by atoms with Crippen molar-refractivity contribution in [1.29, 1.82) is 0 Å². The predicted molar refractivity (Wildman–Crippen MR) is 80.1 cm³/mol. The molecule has 4 aliphatic rings. The summed E-state index contributed by atoms with van der Waals surface area (Å²) in [7, 11) is 0. The van der Waals surface area contributed by atoms with Crippen LogP contribution in [0.3, 0.4) is 0 Å². The highest BCUT2D eigenvalue weighted by Gasteiger charge is 2.44. The van der Waals surface area contributed by atoms with Gasteiger partial charge in [-0.1, -0.05) is 25.7 Å². The van der Waals surface area contributed by atoms with Crippen molar-refractivity contribution in [3.63, 3.8) is 0 Å². The Bertz CT molecular complexity index is 314. The Labute approximate surface area is 118 Å². The van der Waals surface area contributed by atoms with Gasteiger partial charge in [0.15, 0.2) is 0 Å². The zero-order valence-corrected chi connectivity index (χ0v) is 12.5. The van der Waals surface area contributed by atoms with Crippen LogP contribution in [0, 0.1) is 23.2 Å². The minimum Gasteiger partial charge on any atom is -0.313 e. The van der Waals surface area contributed by atoms with Crippen LogP contribution in [-0.4, -0.2) is 12.6 Å². The van der Waals surface area contributed by atoms with E-state index >= 15 is 0 Å². The number of fused-ring (bicyclic) bond motifs is 2. The second-order valence-electron chi connectivity index (χ2n) is 8.35. The van der Waals surface area contributed by atoms with Crippen LogP contribution in [0.5, 0.6) is 0 Å². The minimum atomic E-state index is 0.704. The first-order valence-electron chi connectivity index (χ1n) is 9.06. The molecule has 0 aromatic rings. The molecule has 0 saturated heterocycles. The van der Waals surface area contributed by atoms with E-state index in [2.05, 4.69) is 5.32 Å². The molecule has 0 amide bonds. The second-order valence-corrected chi connectivity index (χ2v) is 8.35. The van der Waals surface area contributed by atoms with Gasteiger partial charge in [-0.3, -0.25) is 0 Å². The second kappa shape index (κ2) is 5.06. The van der Waals surface area contributed by atoms with E-state index in [1.54, 1.807) is 32.1 Å². The fraction of sp³-hybridized carbons (Fsp3) is 1.00. The number of nitrogens with one attached hydrogen (secondary N) is 1. The SMILES string of the molecule is C1CCC(CNC2CC2)(CC2CC3CCC2C3)CC1. The van der Waals surface area contributed by atoms with Crippen molar-refractivity contribution in [3.05, 3.63) is 0 Å². The molecule has 4 rings (SSSR count). The first-order valence-corrected chi connectivity index (χ1v) is 9.06.